The number of rotatable bonds is 0. The van der Waals surface area contributed by atoms with Crippen molar-refractivity contribution in [2.45, 2.75) is 23.3 Å². The molecule has 3 rings (SSSR count). The molecule has 1 aromatic rings. The summed E-state index contributed by atoms with van der Waals surface area (Å²) in [7, 11) is -3.53. The van der Waals surface area contributed by atoms with E-state index in [1.807, 2.05) is 0 Å². The van der Waals surface area contributed by atoms with E-state index in [0.29, 0.717) is 26.1 Å². The Kier molecular flexibility index (Phi) is 2.76. The molecule has 2 aliphatic rings. The minimum Gasteiger partial charge on any atom is -0.469 e. The van der Waals surface area contributed by atoms with Crippen LogP contribution in [0, 0.1) is 0 Å². The van der Waals surface area contributed by atoms with E-state index in [9.17, 15) is 8.42 Å². The number of ether oxygens (including phenoxy) is 2. The zero-order valence-corrected chi connectivity index (χ0v) is 10.6. The van der Waals surface area contributed by atoms with Crippen LogP contribution in [-0.2, 0) is 14.8 Å². The molecule has 7 heteroatoms. The lowest BCUT2D eigenvalue weighted by atomic mass is 9.94. The normalized spacial score (nSPS) is 24.9. The second kappa shape index (κ2) is 4.18. The smallest absolute Gasteiger partial charge is 0.246 e. The number of hydrogen-bond acceptors (Lipinski definition) is 5. The molecule has 1 N–H and O–H groups in total. The summed E-state index contributed by atoms with van der Waals surface area (Å²) in [6.45, 7) is 1.41. The van der Waals surface area contributed by atoms with Crippen molar-refractivity contribution in [3.63, 3.8) is 0 Å². The summed E-state index contributed by atoms with van der Waals surface area (Å²) in [5, 5.41) is 0. The van der Waals surface area contributed by atoms with Crippen LogP contribution >= 0.6 is 0 Å². The fourth-order valence-corrected chi connectivity index (χ4v) is 3.42. The molecule has 2 aliphatic heterocycles. The number of nitrogens with zero attached hydrogens (tertiary/aromatic N) is 1. The first-order chi connectivity index (χ1) is 8.61. The Labute approximate surface area is 105 Å². The number of aromatic nitrogens is 1. The van der Waals surface area contributed by atoms with Gasteiger partial charge in [0.05, 0.1) is 19.8 Å². The third-order valence-corrected chi connectivity index (χ3v) is 4.74. The molecule has 0 atom stereocenters. The van der Waals surface area contributed by atoms with E-state index in [-0.39, 0.29) is 17.3 Å². The predicted octanol–water partition coefficient (Wildman–Crippen LogP) is 0.301. The number of hydrogen-bond donors (Lipinski definition) is 1. The Hall–Kier alpha value is -1.18. The third-order valence-electron chi connectivity index (χ3n) is 3.33. The van der Waals surface area contributed by atoms with Crippen LogP contribution in [-0.4, -0.2) is 38.8 Å². The SMILES string of the molecule is O=S1(=O)NCC2(CCOCC2)Oc2ncccc21. The van der Waals surface area contributed by atoms with Gasteiger partial charge >= 0.3 is 0 Å². The Morgan fingerprint density at radius 3 is 2.89 bits per heavy atom. The summed E-state index contributed by atoms with van der Waals surface area (Å²) < 4.78 is 37.9. The average Bonchev–Trinajstić information content (AvgIpc) is 2.48. The summed E-state index contributed by atoms with van der Waals surface area (Å²) in [4.78, 5) is 4.15. The molecule has 98 valence electrons. The fraction of sp³-hybridized carbons (Fsp3) is 0.545. The molecule has 0 saturated carbocycles. The monoisotopic (exact) mass is 270 g/mol. The van der Waals surface area contributed by atoms with Gasteiger partial charge in [0.15, 0.2) is 0 Å². The quantitative estimate of drug-likeness (QED) is 0.733. The summed E-state index contributed by atoms with van der Waals surface area (Å²) in [5.74, 6) is 0.185. The van der Waals surface area contributed by atoms with Gasteiger partial charge in [0.25, 0.3) is 0 Å². The topological polar surface area (TPSA) is 77.5 Å². The van der Waals surface area contributed by atoms with Crippen molar-refractivity contribution < 1.29 is 17.9 Å². The molecular weight excluding hydrogens is 256 g/mol. The highest BCUT2D eigenvalue weighted by atomic mass is 32.2. The van der Waals surface area contributed by atoms with Gasteiger partial charge in [-0.15, -0.1) is 0 Å². The maximum Gasteiger partial charge on any atom is 0.246 e. The van der Waals surface area contributed by atoms with E-state index < -0.39 is 15.6 Å². The van der Waals surface area contributed by atoms with Crippen LogP contribution in [0.2, 0.25) is 0 Å². The maximum atomic E-state index is 12.1. The van der Waals surface area contributed by atoms with Crippen LogP contribution in [0.25, 0.3) is 0 Å². The van der Waals surface area contributed by atoms with E-state index in [1.54, 1.807) is 6.07 Å². The van der Waals surface area contributed by atoms with Gasteiger partial charge in [-0.05, 0) is 12.1 Å². The molecule has 1 fully saturated rings. The second-order valence-electron chi connectivity index (χ2n) is 4.53. The van der Waals surface area contributed by atoms with Gasteiger partial charge in [-0.25, -0.2) is 18.1 Å². The van der Waals surface area contributed by atoms with E-state index in [0.717, 1.165) is 0 Å². The number of fused-ring (bicyclic) bond motifs is 1. The molecule has 3 heterocycles. The minimum atomic E-state index is -3.53. The highest BCUT2D eigenvalue weighted by molar-refractivity contribution is 7.89. The lowest BCUT2D eigenvalue weighted by Crippen LogP contribution is -2.49. The van der Waals surface area contributed by atoms with E-state index in [1.165, 1.54) is 12.3 Å². The van der Waals surface area contributed by atoms with Gasteiger partial charge in [0.2, 0.25) is 15.9 Å². The van der Waals surface area contributed by atoms with Crippen molar-refractivity contribution >= 4 is 10.0 Å². The van der Waals surface area contributed by atoms with E-state index in [4.69, 9.17) is 9.47 Å². The molecular formula is C11H14N2O4S. The van der Waals surface area contributed by atoms with Gasteiger partial charge < -0.3 is 9.47 Å². The van der Waals surface area contributed by atoms with Gasteiger partial charge in [0, 0.05) is 19.0 Å². The van der Waals surface area contributed by atoms with Crippen LogP contribution in [0.5, 0.6) is 5.88 Å². The molecule has 1 saturated heterocycles. The largest absolute Gasteiger partial charge is 0.469 e. The summed E-state index contributed by atoms with van der Waals surface area (Å²) in [5.41, 5.74) is -0.537. The highest BCUT2D eigenvalue weighted by Gasteiger charge is 2.40. The van der Waals surface area contributed by atoms with Crippen LogP contribution < -0.4 is 9.46 Å². The van der Waals surface area contributed by atoms with Crippen molar-refractivity contribution in [3.05, 3.63) is 18.3 Å². The maximum absolute atomic E-state index is 12.1. The molecule has 18 heavy (non-hydrogen) atoms. The first-order valence-electron chi connectivity index (χ1n) is 5.83. The number of nitrogens with one attached hydrogen (secondary N) is 1. The van der Waals surface area contributed by atoms with Crippen LogP contribution in [0.15, 0.2) is 23.2 Å². The van der Waals surface area contributed by atoms with E-state index >= 15 is 0 Å². The van der Waals surface area contributed by atoms with Crippen molar-refractivity contribution in [1.29, 1.82) is 0 Å². The summed E-state index contributed by atoms with van der Waals surface area (Å²) >= 11 is 0. The minimum absolute atomic E-state index is 0.105. The molecule has 0 unspecified atom stereocenters. The Morgan fingerprint density at radius 2 is 2.11 bits per heavy atom. The van der Waals surface area contributed by atoms with Crippen molar-refractivity contribution in [1.82, 2.24) is 9.71 Å². The van der Waals surface area contributed by atoms with Gasteiger partial charge in [-0.1, -0.05) is 0 Å². The first-order valence-corrected chi connectivity index (χ1v) is 7.31. The van der Waals surface area contributed by atoms with Crippen LogP contribution in [0.1, 0.15) is 12.8 Å². The zero-order chi connectivity index (χ0) is 12.6. The standard InChI is InChI=1S/C11H14N2O4S/c14-18(15)9-2-1-5-12-10(9)17-11(8-13-18)3-6-16-7-4-11/h1-2,5,13H,3-4,6-8H2. The van der Waals surface area contributed by atoms with Gasteiger partial charge in [-0.2, -0.15) is 0 Å². The van der Waals surface area contributed by atoms with Gasteiger partial charge in [0.1, 0.15) is 10.5 Å². The zero-order valence-electron chi connectivity index (χ0n) is 9.76. The van der Waals surface area contributed by atoms with Crippen LogP contribution in [0.4, 0.5) is 0 Å². The average molecular weight is 270 g/mol. The summed E-state index contributed by atoms with van der Waals surface area (Å²) in [6.07, 6.45) is 2.85. The van der Waals surface area contributed by atoms with Gasteiger partial charge in [-0.3, -0.25) is 0 Å². The lowest BCUT2D eigenvalue weighted by molar-refractivity contribution is -0.0442. The number of pyridine rings is 1. The van der Waals surface area contributed by atoms with Crippen molar-refractivity contribution in [2.75, 3.05) is 19.8 Å². The highest BCUT2D eigenvalue weighted by Crippen LogP contribution is 2.33. The molecule has 0 radical (unpaired) electrons. The Bertz CT molecular complexity index is 552. The Morgan fingerprint density at radius 1 is 1.33 bits per heavy atom. The van der Waals surface area contributed by atoms with Crippen molar-refractivity contribution in [3.8, 4) is 5.88 Å². The molecule has 0 aromatic carbocycles. The molecule has 0 bridgehead atoms. The first kappa shape index (κ1) is 11.9. The third kappa shape index (κ3) is 1.98. The van der Waals surface area contributed by atoms with E-state index in [2.05, 4.69) is 9.71 Å². The molecule has 0 amide bonds. The molecule has 1 spiro atoms. The molecule has 6 nitrogen and oxygen atoms in total. The second-order valence-corrected chi connectivity index (χ2v) is 6.26. The summed E-state index contributed by atoms with van der Waals surface area (Å²) in [6, 6.07) is 3.09. The molecule has 1 aromatic heterocycles. The fourth-order valence-electron chi connectivity index (χ4n) is 2.22. The van der Waals surface area contributed by atoms with Crippen LogP contribution in [0.3, 0.4) is 0 Å². The number of sulfonamides is 1. The predicted molar refractivity (Wildman–Crippen MR) is 62.8 cm³/mol. The van der Waals surface area contributed by atoms with Crippen molar-refractivity contribution in [2.24, 2.45) is 0 Å². The Balaban J connectivity index is 2.04. The molecule has 0 aliphatic carbocycles. The lowest BCUT2D eigenvalue weighted by Gasteiger charge is -2.35.